The fraction of sp³-hybridized carbons (Fsp3) is 0.226. The molecule has 4 rings (SSSR count). The first-order valence-electron chi connectivity index (χ1n) is 13.2. The standard InChI is InChI=1S/C31H30IN3O7/c1-5-40-22-11-9-21(10-12-22)35-30(38)23(29(37)34-31(35)39)14-20-15-24(32)28(26(16-20)41-6-2)42-17-27(36)33-25-13-18(3)7-8-19(25)4/h7-16H,5-6,17H2,1-4H3,(H,33,36)(H,34,37,39)/b23-14+. The second-order valence-electron chi connectivity index (χ2n) is 9.30. The molecule has 1 heterocycles. The first kappa shape index (κ1) is 30.6. The van der Waals surface area contributed by atoms with Gasteiger partial charge in [0.15, 0.2) is 18.1 Å². The fourth-order valence-corrected chi connectivity index (χ4v) is 4.97. The highest BCUT2D eigenvalue weighted by Gasteiger charge is 2.37. The van der Waals surface area contributed by atoms with Gasteiger partial charge in [0.25, 0.3) is 17.7 Å². The zero-order valence-electron chi connectivity index (χ0n) is 23.6. The minimum atomic E-state index is -0.848. The van der Waals surface area contributed by atoms with Crippen molar-refractivity contribution >= 4 is 63.8 Å². The average molecular weight is 683 g/mol. The van der Waals surface area contributed by atoms with Crippen LogP contribution in [-0.2, 0) is 14.4 Å². The number of nitrogens with zero attached hydrogens (tertiary/aromatic N) is 1. The van der Waals surface area contributed by atoms with Gasteiger partial charge >= 0.3 is 6.03 Å². The summed E-state index contributed by atoms with van der Waals surface area (Å²) in [5.74, 6) is -0.661. The lowest BCUT2D eigenvalue weighted by Gasteiger charge is -2.26. The predicted octanol–water partition coefficient (Wildman–Crippen LogP) is 5.39. The highest BCUT2D eigenvalue weighted by Crippen LogP contribution is 2.35. The van der Waals surface area contributed by atoms with Gasteiger partial charge in [-0.2, -0.15) is 0 Å². The molecule has 10 nitrogen and oxygen atoms in total. The van der Waals surface area contributed by atoms with Crippen molar-refractivity contribution in [3.63, 3.8) is 0 Å². The Hall–Kier alpha value is -4.39. The molecule has 0 bridgehead atoms. The Morgan fingerprint density at radius 1 is 0.952 bits per heavy atom. The number of barbiturate groups is 1. The molecule has 0 atom stereocenters. The number of carbonyl (C=O) groups is 4. The lowest BCUT2D eigenvalue weighted by Crippen LogP contribution is -2.54. The smallest absolute Gasteiger partial charge is 0.335 e. The van der Waals surface area contributed by atoms with Gasteiger partial charge in [0.1, 0.15) is 11.3 Å². The second-order valence-corrected chi connectivity index (χ2v) is 10.5. The van der Waals surface area contributed by atoms with Gasteiger partial charge in [0.05, 0.1) is 22.5 Å². The summed E-state index contributed by atoms with van der Waals surface area (Å²) in [6, 6.07) is 14.6. The lowest BCUT2D eigenvalue weighted by molar-refractivity contribution is -0.122. The first-order chi connectivity index (χ1) is 20.1. The van der Waals surface area contributed by atoms with Crippen LogP contribution in [0.2, 0.25) is 0 Å². The van der Waals surface area contributed by atoms with E-state index in [0.29, 0.717) is 45.3 Å². The summed E-state index contributed by atoms with van der Waals surface area (Å²) in [6.45, 7) is 8.01. The number of carbonyl (C=O) groups excluding carboxylic acids is 4. The number of amides is 5. The highest BCUT2D eigenvalue weighted by atomic mass is 127. The Morgan fingerprint density at radius 2 is 1.67 bits per heavy atom. The molecule has 1 fully saturated rings. The van der Waals surface area contributed by atoms with Gasteiger partial charge in [-0.05, 0) is 116 Å². The number of benzene rings is 3. The van der Waals surface area contributed by atoms with Crippen molar-refractivity contribution in [2.45, 2.75) is 27.7 Å². The number of rotatable bonds is 10. The minimum absolute atomic E-state index is 0.233. The van der Waals surface area contributed by atoms with Crippen LogP contribution in [0.1, 0.15) is 30.5 Å². The largest absolute Gasteiger partial charge is 0.494 e. The van der Waals surface area contributed by atoms with Crippen molar-refractivity contribution in [1.29, 1.82) is 0 Å². The van der Waals surface area contributed by atoms with Crippen molar-refractivity contribution in [2.75, 3.05) is 30.0 Å². The van der Waals surface area contributed by atoms with Crippen LogP contribution in [0.15, 0.2) is 60.2 Å². The number of aryl methyl sites for hydroxylation is 2. The third-order valence-corrected chi connectivity index (χ3v) is 6.97. The summed E-state index contributed by atoms with van der Waals surface area (Å²) in [5, 5.41) is 5.08. The number of halogens is 1. The molecular weight excluding hydrogens is 653 g/mol. The van der Waals surface area contributed by atoms with Gasteiger partial charge in [-0.1, -0.05) is 12.1 Å². The predicted molar refractivity (Wildman–Crippen MR) is 167 cm³/mol. The van der Waals surface area contributed by atoms with Crippen LogP contribution in [0.4, 0.5) is 16.2 Å². The van der Waals surface area contributed by atoms with Gasteiger partial charge < -0.3 is 19.5 Å². The summed E-state index contributed by atoms with van der Waals surface area (Å²) in [6.07, 6.45) is 1.38. The van der Waals surface area contributed by atoms with Gasteiger partial charge in [0, 0.05) is 5.69 Å². The summed E-state index contributed by atoms with van der Waals surface area (Å²) < 4.78 is 17.6. The highest BCUT2D eigenvalue weighted by molar-refractivity contribution is 14.1. The van der Waals surface area contributed by atoms with Crippen molar-refractivity contribution in [1.82, 2.24) is 5.32 Å². The SMILES string of the molecule is CCOc1ccc(N2C(=O)NC(=O)/C(=C\c3cc(I)c(OCC(=O)Nc4cc(C)ccc4C)c(OCC)c3)C2=O)cc1. The molecule has 0 spiro atoms. The third kappa shape index (κ3) is 7.08. The zero-order chi connectivity index (χ0) is 30.4. The number of urea groups is 1. The van der Waals surface area contributed by atoms with E-state index in [1.54, 1.807) is 43.3 Å². The van der Waals surface area contributed by atoms with Gasteiger partial charge in [-0.15, -0.1) is 0 Å². The van der Waals surface area contributed by atoms with Crippen LogP contribution >= 0.6 is 22.6 Å². The average Bonchev–Trinajstić information content (AvgIpc) is 2.94. The molecule has 1 aliphatic rings. The molecule has 1 aliphatic heterocycles. The zero-order valence-corrected chi connectivity index (χ0v) is 25.7. The molecule has 11 heteroatoms. The maximum Gasteiger partial charge on any atom is 0.335 e. The Bertz CT molecular complexity index is 1570. The molecule has 42 heavy (non-hydrogen) atoms. The molecule has 3 aromatic rings. The molecule has 0 saturated carbocycles. The van der Waals surface area contributed by atoms with E-state index in [1.807, 2.05) is 61.6 Å². The van der Waals surface area contributed by atoms with E-state index in [0.717, 1.165) is 16.0 Å². The van der Waals surface area contributed by atoms with Crippen molar-refractivity contribution in [3.8, 4) is 17.2 Å². The lowest BCUT2D eigenvalue weighted by atomic mass is 10.1. The van der Waals surface area contributed by atoms with Crippen LogP contribution in [0, 0.1) is 17.4 Å². The minimum Gasteiger partial charge on any atom is -0.494 e. The van der Waals surface area contributed by atoms with Crippen molar-refractivity contribution in [3.05, 3.63) is 80.4 Å². The molecule has 1 saturated heterocycles. The topological polar surface area (TPSA) is 123 Å². The Labute approximate surface area is 257 Å². The van der Waals surface area contributed by atoms with Crippen LogP contribution in [-0.4, -0.2) is 43.6 Å². The Balaban J connectivity index is 1.57. The molecule has 0 aliphatic carbocycles. The quantitative estimate of drug-likeness (QED) is 0.167. The number of ether oxygens (including phenoxy) is 3. The number of nitrogens with one attached hydrogen (secondary N) is 2. The molecule has 0 radical (unpaired) electrons. The summed E-state index contributed by atoms with van der Waals surface area (Å²) in [4.78, 5) is 52.2. The van der Waals surface area contributed by atoms with E-state index < -0.39 is 17.8 Å². The third-order valence-electron chi connectivity index (χ3n) is 6.17. The second kappa shape index (κ2) is 13.5. The van der Waals surface area contributed by atoms with E-state index in [-0.39, 0.29) is 23.8 Å². The number of hydrogen-bond donors (Lipinski definition) is 2. The van der Waals surface area contributed by atoms with Gasteiger partial charge in [0.2, 0.25) is 0 Å². The van der Waals surface area contributed by atoms with E-state index in [1.165, 1.54) is 6.08 Å². The van der Waals surface area contributed by atoms with E-state index in [9.17, 15) is 19.2 Å². The van der Waals surface area contributed by atoms with E-state index >= 15 is 0 Å². The fourth-order valence-electron chi connectivity index (χ4n) is 4.19. The monoisotopic (exact) mass is 683 g/mol. The maximum absolute atomic E-state index is 13.3. The van der Waals surface area contributed by atoms with Gasteiger partial charge in [-0.25, -0.2) is 9.69 Å². The van der Waals surface area contributed by atoms with Gasteiger partial charge in [-0.3, -0.25) is 19.7 Å². The molecule has 2 N–H and O–H groups in total. The molecular formula is C31H30IN3O7. The number of anilines is 2. The number of hydrogen-bond acceptors (Lipinski definition) is 7. The van der Waals surface area contributed by atoms with Crippen molar-refractivity contribution in [2.24, 2.45) is 0 Å². The summed E-state index contributed by atoms with van der Waals surface area (Å²) in [7, 11) is 0. The molecule has 3 aromatic carbocycles. The van der Waals surface area contributed by atoms with Crippen LogP contribution in [0.3, 0.4) is 0 Å². The van der Waals surface area contributed by atoms with Crippen LogP contribution in [0.25, 0.3) is 6.08 Å². The van der Waals surface area contributed by atoms with Crippen LogP contribution < -0.4 is 29.7 Å². The molecule has 0 unspecified atom stereocenters. The molecule has 218 valence electrons. The Morgan fingerprint density at radius 3 is 2.36 bits per heavy atom. The molecule has 5 amide bonds. The van der Waals surface area contributed by atoms with E-state index in [4.69, 9.17) is 14.2 Å². The normalized spacial score (nSPS) is 14.1. The number of imide groups is 2. The summed E-state index contributed by atoms with van der Waals surface area (Å²) >= 11 is 2.03. The van der Waals surface area contributed by atoms with Crippen molar-refractivity contribution < 1.29 is 33.4 Å². The van der Waals surface area contributed by atoms with E-state index in [2.05, 4.69) is 10.6 Å². The van der Waals surface area contributed by atoms with Crippen LogP contribution in [0.5, 0.6) is 17.2 Å². The molecule has 0 aromatic heterocycles. The maximum atomic E-state index is 13.3. The first-order valence-corrected chi connectivity index (χ1v) is 14.3. The summed E-state index contributed by atoms with van der Waals surface area (Å²) in [5.41, 5.74) is 3.18. The Kier molecular flexibility index (Phi) is 9.84.